The molecule has 2 rings (SSSR count). The molecule has 1 aromatic carbocycles. The Morgan fingerprint density at radius 1 is 1.32 bits per heavy atom. The van der Waals surface area contributed by atoms with Crippen LogP contribution in [0.2, 0.25) is 0 Å². The van der Waals surface area contributed by atoms with Crippen LogP contribution in [0.5, 0.6) is 11.5 Å². The third-order valence-corrected chi connectivity index (χ3v) is 4.14. The number of methoxy groups -OCH3 is 1. The van der Waals surface area contributed by atoms with Crippen molar-refractivity contribution in [3.8, 4) is 11.5 Å². The number of hydrogen-bond donors (Lipinski definition) is 1. The summed E-state index contributed by atoms with van der Waals surface area (Å²) in [6.07, 6.45) is 2.01. The van der Waals surface area contributed by atoms with E-state index in [0.29, 0.717) is 12.5 Å². The van der Waals surface area contributed by atoms with Crippen molar-refractivity contribution in [1.29, 1.82) is 0 Å². The van der Waals surface area contributed by atoms with Gasteiger partial charge in [-0.1, -0.05) is 0 Å². The SMILES string of the molecule is CCNC(=NCCCOc1ccc(OC)cc1)N(C)CC1CCOC1. The minimum atomic E-state index is 0.604. The summed E-state index contributed by atoms with van der Waals surface area (Å²) in [4.78, 5) is 6.91. The van der Waals surface area contributed by atoms with E-state index in [2.05, 4.69) is 24.2 Å². The molecule has 1 aliphatic rings. The lowest BCUT2D eigenvalue weighted by Crippen LogP contribution is -2.41. The van der Waals surface area contributed by atoms with Gasteiger partial charge in [0.2, 0.25) is 0 Å². The summed E-state index contributed by atoms with van der Waals surface area (Å²) in [5, 5.41) is 3.36. The molecule has 1 saturated heterocycles. The van der Waals surface area contributed by atoms with E-state index in [0.717, 1.165) is 63.1 Å². The summed E-state index contributed by atoms with van der Waals surface area (Å²) in [6.45, 7) is 7.07. The second kappa shape index (κ2) is 10.8. The Morgan fingerprint density at radius 2 is 2.08 bits per heavy atom. The lowest BCUT2D eigenvalue weighted by Gasteiger charge is -2.24. The Balaban J connectivity index is 1.72. The molecule has 25 heavy (non-hydrogen) atoms. The van der Waals surface area contributed by atoms with Crippen LogP contribution in [0, 0.1) is 5.92 Å². The molecule has 6 heteroatoms. The first-order chi connectivity index (χ1) is 12.2. The molecule has 0 amide bonds. The number of nitrogens with zero attached hydrogens (tertiary/aromatic N) is 2. The highest BCUT2D eigenvalue weighted by Gasteiger charge is 2.18. The van der Waals surface area contributed by atoms with E-state index in [9.17, 15) is 0 Å². The molecular formula is C19H31N3O3. The van der Waals surface area contributed by atoms with E-state index in [1.54, 1.807) is 7.11 Å². The number of rotatable bonds is 9. The summed E-state index contributed by atoms with van der Waals surface area (Å²) in [6, 6.07) is 7.64. The van der Waals surface area contributed by atoms with Crippen LogP contribution in [-0.2, 0) is 4.74 Å². The molecule has 0 aliphatic carbocycles. The molecule has 0 radical (unpaired) electrons. The summed E-state index contributed by atoms with van der Waals surface area (Å²) in [7, 11) is 3.75. The lowest BCUT2D eigenvalue weighted by molar-refractivity contribution is 0.181. The molecule has 1 unspecified atom stereocenters. The van der Waals surface area contributed by atoms with Gasteiger partial charge in [0.05, 0.1) is 20.3 Å². The fourth-order valence-electron chi connectivity index (χ4n) is 2.78. The monoisotopic (exact) mass is 349 g/mol. The van der Waals surface area contributed by atoms with E-state index < -0.39 is 0 Å². The van der Waals surface area contributed by atoms with Crippen molar-refractivity contribution in [2.24, 2.45) is 10.9 Å². The average molecular weight is 349 g/mol. The van der Waals surface area contributed by atoms with E-state index >= 15 is 0 Å². The van der Waals surface area contributed by atoms with Crippen molar-refractivity contribution in [3.05, 3.63) is 24.3 Å². The summed E-state index contributed by atoms with van der Waals surface area (Å²) in [5.74, 6) is 3.25. The van der Waals surface area contributed by atoms with Crippen molar-refractivity contribution in [2.45, 2.75) is 19.8 Å². The van der Waals surface area contributed by atoms with E-state index in [1.807, 2.05) is 24.3 Å². The molecule has 0 saturated carbocycles. The van der Waals surface area contributed by atoms with Gasteiger partial charge in [-0.2, -0.15) is 0 Å². The predicted molar refractivity (Wildman–Crippen MR) is 101 cm³/mol. The second-order valence-electron chi connectivity index (χ2n) is 6.22. The standard InChI is InChI=1S/C19H31N3O3/c1-4-20-19(22(2)14-16-10-13-24-15-16)21-11-5-12-25-18-8-6-17(23-3)7-9-18/h6-9,16H,4-5,10-15H2,1-3H3,(H,20,21). The van der Waals surface area contributed by atoms with E-state index in [-0.39, 0.29) is 0 Å². The van der Waals surface area contributed by atoms with Gasteiger partial charge in [0.25, 0.3) is 0 Å². The summed E-state index contributed by atoms with van der Waals surface area (Å²) >= 11 is 0. The molecule has 0 aromatic heterocycles. The molecule has 140 valence electrons. The third-order valence-electron chi connectivity index (χ3n) is 4.14. The molecule has 1 heterocycles. The summed E-state index contributed by atoms with van der Waals surface area (Å²) in [5.41, 5.74) is 0. The highest BCUT2D eigenvalue weighted by molar-refractivity contribution is 5.79. The largest absolute Gasteiger partial charge is 0.497 e. The van der Waals surface area contributed by atoms with Crippen LogP contribution in [0.3, 0.4) is 0 Å². The first-order valence-corrected chi connectivity index (χ1v) is 9.07. The Morgan fingerprint density at radius 3 is 2.72 bits per heavy atom. The Bertz CT molecular complexity index is 513. The van der Waals surface area contributed by atoms with Crippen LogP contribution in [0.15, 0.2) is 29.3 Å². The Hall–Kier alpha value is -1.95. The van der Waals surface area contributed by atoms with Crippen LogP contribution in [0.1, 0.15) is 19.8 Å². The van der Waals surface area contributed by atoms with Crippen molar-refractivity contribution in [3.63, 3.8) is 0 Å². The Labute approximate surface area is 151 Å². The summed E-state index contributed by atoms with van der Waals surface area (Å²) < 4.78 is 16.3. The van der Waals surface area contributed by atoms with Crippen LogP contribution in [0.25, 0.3) is 0 Å². The molecule has 1 aliphatic heterocycles. The van der Waals surface area contributed by atoms with Crippen molar-refractivity contribution < 1.29 is 14.2 Å². The maximum atomic E-state index is 5.74. The van der Waals surface area contributed by atoms with E-state index in [4.69, 9.17) is 19.2 Å². The van der Waals surface area contributed by atoms with Crippen LogP contribution in [0.4, 0.5) is 0 Å². The first kappa shape index (κ1) is 19.4. The average Bonchev–Trinajstić information content (AvgIpc) is 3.14. The van der Waals surface area contributed by atoms with Gasteiger partial charge in [0.15, 0.2) is 5.96 Å². The van der Waals surface area contributed by atoms with Gasteiger partial charge in [-0.3, -0.25) is 4.99 Å². The minimum absolute atomic E-state index is 0.604. The smallest absolute Gasteiger partial charge is 0.193 e. The number of aliphatic imine (C=N–C) groups is 1. The lowest BCUT2D eigenvalue weighted by atomic mass is 10.1. The van der Waals surface area contributed by atoms with Crippen LogP contribution >= 0.6 is 0 Å². The van der Waals surface area contributed by atoms with Crippen molar-refractivity contribution >= 4 is 5.96 Å². The minimum Gasteiger partial charge on any atom is -0.497 e. The van der Waals surface area contributed by atoms with Gasteiger partial charge in [0, 0.05) is 45.6 Å². The maximum Gasteiger partial charge on any atom is 0.193 e. The molecule has 1 fully saturated rings. The second-order valence-corrected chi connectivity index (χ2v) is 6.22. The van der Waals surface area contributed by atoms with E-state index in [1.165, 1.54) is 0 Å². The number of guanidine groups is 1. The molecule has 0 spiro atoms. The molecule has 1 atom stereocenters. The predicted octanol–water partition coefficient (Wildman–Crippen LogP) is 2.40. The molecular weight excluding hydrogens is 318 g/mol. The normalized spacial score (nSPS) is 17.4. The van der Waals surface area contributed by atoms with Gasteiger partial charge in [-0.25, -0.2) is 0 Å². The molecule has 0 bridgehead atoms. The fraction of sp³-hybridized carbons (Fsp3) is 0.632. The highest BCUT2D eigenvalue weighted by Crippen LogP contribution is 2.17. The number of hydrogen-bond acceptors (Lipinski definition) is 4. The molecule has 6 nitrogen and oxygen atoms in total. The highest BCUT2D eigenvalue weighted by atomic mass is 16.5. The van der Waals surface area contributed by atoms with Crippen molar-refractivity contribution in [2.75, 3.05) is 53.6 Å². The fourth-order valence-corrected chi connectivity index (χ4v) is 2.78. The Kier molecular flexibility index (Phi) is 8.39. The zero-order chi connectivity index (χ0) is 17.9. The number of benzene rings is 1. The quantitative estimate of drug-likeness (QED) is 0.421. The molecule has 1 N–H and O–H groups in total. The van der Waals surface area contributed by atoms with Gasteiger partial charge >= 0.3 is 0 Å². The number of ether oxygens (including phenoxy) is 3. The number of nitrogens with one attached hydrogen (secondary N) is 1. The third kappa shape index (κ3) is 6.82. The van der Waals surface area contributed by atoms with Crippen LogP contribution < -0.4 is 14.8 Å². The topological polar surface area (TPSA) is 55.3 Å². The van der Waals surface area contributed by atoms with Gasteiger partial charge in [-0.05, 0) is 37.6 Å². The van der Waals surface area contributed by atoms with Crippen LogP contribution in [-0.4, -0.2) is 64.5 Å². The molecule has 1 aromatic rings. The first-order valence-electron chi connectivity index (χ1n) is 9.07. The van der Waals surface area contributed by atoms with Gasteiger partial charge < -0.3 is 24.4 Å². The van der Waals surface area contributed by atoms with Crippen molar-refractivity contribution in [1.82, 2.24) is 10.2 Å². The maximum absolute atomic E-state index is 5.74. The zero-order valence-corrected chi connectivity index (χ0v) is 15.7. The zero-order valence-electron chi connectivity index (χ0n) is 15.7. The van der Waals surface area contributed by atoms with Gasteiger partial charge in [0.1, 0.15) is 11.5 Å². The van der Waals surface area contributed by atoms with Gasteiger partial charge in [-0.15, -0.1) is 0 Å².